The summed E-state index contributed by atoms with van der Waals surface area (Å²) in [5.41, 5.74) is 0. The number of nitrogens with zero attached hydrogens (tertiary/aromatic N) is 1. The molecule has 0 saturated carbocycles. The van der Waals surface area contributed by atoms with Crippen molar-refractivity contribution in [3.63, 3.8) is 0 Å². The number of amides is 1. The van der Waals surface area contributed by atoms with Crippen molar-refractivity contribution in [3.8, 4) is 0 Å². The van der Waals surface area contributed by atoms with Gasteiger partial charge in [0.1, 0.15) is 0 Å². The molecule has 0 saturated heterocycles. The van der Waals surface area contributed by atoms with Gasteiger partial charge in [-0.2, -0.15) is 0 Å². The van der Waals surface area contributed by atoms with E-state index in [4.69, 9.17) is 0 Å². The quantitative estimate of drug-likeness (QED) is 0.462. The molecule has 0 aromatic heterocycles. The van der Waals surface area contributed by atoms with Crippen LogP contribution < -0.4 is 5.32 Å². The van der Waals surface area contributed by atoms with Crippen molar-refractivity contribution < 1.29 is 4.79 Å². The van der Waals surface area contributed by atoms with Gasteiger partial charge in [-0.1, -0.05) is 6.92 Å². The van der Waals surface area contributed by atoms with Crippen LogP contribution in [0.15, 0.2) is 4.99 Å². The molecule has 0 radical (unpaired) electrons. The molecule has 1 amide bonds. The van der Waals surface area contributed by atoms with Gasteiger partial charge in [0, 0.05) is 0 Å². The maximum Gasteiger partial charge on any atom is 0.229 e. The van der Waals surface area contributed by atoms with Crippen molar-refractivity contribution in [1.29, 1.82) is 0 Å². The van der Waals surface area contributed by atoms with Crippen molar-refractivity contribution in [2.24, 2.45) is 10.9 Å². The molecule has 3 heteroatoms. The van der Waals surface area contributed by atoms with Crippen LogP contribution in [0.5, 0.6) is 0 Å². The molecule has 1 atom stereocenters. The number of nitrogens with one attached hydrogen (secondary N) is 1. The molecule has 0 aromatic carbocycles. The van der Waals surface area contributed by atoms with Crippen LogP contribution in [0, 0.1) is 5.92 Å². The predicted molar refractivity (Wildman–Crippen MR) is 30.7 cm³/mol. The van der Waals surface area contributed by atoms with Gasteiger partial charge in [-0.15, -0.1) is 0 Å². The van der Waals surface area contributed by atoms with E-state index in [1.54, 1.807) is 0 Å². The Balaban J connectivity index is 2.57. The van der Waals surface area contributed by atoms with Gasteiger partial charge in [0.15, 0.2) is 0 Å². The predicted octanol–water partition coefficient (Wildman–Crippen LogP) is -0.219. The number of carbonyl (C=O) groups is 1. The summed E-state index contributed by atoms with van der Waals surface area (Å²) in [5, 5.41) is 2.50. The lowest BCUT2D eigenvalue weighted by atomic mass is 10.1. The molecule has 0 aliphatic carbocycles. The molecule has 1 aliphatic rings. The molecular formula is C5H8N2O. The van der Waals surface area contributed by atoms with Gasteiger partial charge in [0.05, 0.1) is 18.8 Å². The van der Waals surface area contributed by atoms with E-state index in [-0.39, 0.29) is 11.8 Å². The molecule has 0 aromatic rings. The molecule has 3 nitrogen and oxygen atoms in total. The second-order valence-corrected chi connectivity index (χ2v) is 1.90. The zero-order chi connectivity index (χ0) is 5.98. The first kappa shape index (κ1) is 5.28. The Labute approximate surface area is 47.8 Å². The van der Waals surface area contributed by atoms with Crippen LogP contribution in [0.25, 0.3) is 0 Å². The molecular weight excluding hydrogens is 104 g/mol. The molecule has 1 heterocycles. The maximum absolute atomic E-state index is 10.6. The average molecular weight is 112 g/mol. The lowest BCUT2D eigenvalue weighted by Crippen LogP contribution is -2.33. The fraction of sp³-hybridized carbons (Fsp3) is 0.600. The molecule has 0 bridgehead atoms. The van der Waals surface area contributed by atoms with Gasteiger partial charge in [-0.25, -0.2) is 0 Å². The first-order valence-electron chi connectivity index (χ1n) is 2.59. The first-order chi connectivity index (χ1) is 3.80. The Morgan fingerprint density at radius 2 is 2.75 bits per heavy atom. The lowest BCUT2D eigenvalue weighted by Gasteiger charge is -2.10. The summed E-state index contributed by atoms with van der Waals surface area (Å²) in [6, 6.07) is 0. The zero-order valence-electron chi connectivity index (χ0n) is 4.72. The van der Waals surface area contributed by atoms with E-state index in [0.29, 0.717) is 6.54 Å². The van der Waals surface area contributed by atoms with Gasteiger partial charge < -0.3 is 5.32 Å². The third kappa shape index (κ3) is 0.857. The number of aliphatic imine (C=N–C) groups is 1. The Hall–Kier alpha value is -0.860. The van der Waals surface area contributed by atoms with Crippen molar-refractivity contribution >= 4 is 12.2 Å². The Morgan fingerprint density at radius 1 is 2.00 bits per heavy atom. The molecule has 0 fully saturated rings. The van der Waals surface area contributed by atoms with Gasteiger partial charge in [0.2, 0.25) is 5.91 Å². The number of rotatable bonds is 0. The highest BCUT2D eigenvalue weighted by atomic mass is 16.1. The topological polar surface area (TPSA) is 41.5 Å². The summed E-state index contributed by atoms with van der Waals surface area (Å²) in [6.45, 7) is 2.48. The lowest BCUT2D eigenvalue weighted by molar-refractivity contribution is -0.122. The van der Waals surface area contributed by atoms with E-state index < -0.39 is 0 Å². The minimum Gasteiger partial charge on any atom is -0.317 e. The Bertz CT molecular complexity index is 130. The SMILES string of the molecule is CC1CN=CNC1=O. The summed E-state index contributed by atoms with van der Waals surface area (Å²) in [5.74, 6) is 0.125. The summed E-state index contributed by atoms with van der Waals surface area (Å²) in [7, 11) is 0. The smallest absolute Gasteiger partial charge is 0.229 e. The van der Waals surface area contributed by atoms with Crippen molar-refractivity contribution in [2.45, 2.75) is 6.92 Å². The van der Waals surface area contributed by atoms with Crippen LogP contribution in [-0.4, -0.2) is 18.8 Å². The zero-order valence-corrected chi connectivity index (χ0v) is 4.72. The van der Waals surface area contributed by atoms with E-state index in [2.05, 4.69) is 10.3 Å². The summed E-state index contributed by atoms with van der Waals surface area (Å²) >= 11 is 0. The monoisotopic (exact) mass is 112 g/mol. The Morgan fingerprint density at radius 3 is 3.12 bits per heavy atom. The second kappa shape index (κ2) is 1.94. The van der Waals surface area contributed by atoms with E-state index in [0.717, 1.165) is 0 Å². The number of carbonyl (C=O) groups excluding carboxylic acids is 1. The maximum atomic E-state index is 10.6. The van der Waals surface area contributed by atoms with E-state index >= 15 is 0 Å². The second-order valence-electron chi connectivity index (χ2n) is 1.90. The molecule has 1 unspecified atom stereocenters. The normalized spacial score (nSPS) is 27.6. The minimum atomic E-state index is 0.0556. The Kier molecular flexibility index (Phi) is 1.28. The average Bonchev–Trinajstić information content (AvgIpc) is 1.77. The van der Waals surface area contributed by atoms with E-state index in [1.165, 1.54) is 6.34 Å². The van der Waals surface area contributed by atoms with Crippen LogP contribution >= 0.6 is 0 Å². The third-order valence-corrected chi connectivity index (χ3v) is 1.12. The third-order valence-electron chi connectivity index (χ3n) is 1.12. The fourth-order valence-electron chi connectivity index (χ4n) is 0.545. The van der Waals surface area contributed by atoms with Crippen LogP contribution in [0.4, 0.5) is 0 Å². The van der Waals surface area contributed by atoms with Gasteiger partial charge in [0.25, 0.3) is 0 Å². The molecule has 0 spiro atoms. The first-order valence-corrected chi connectivity index (χ1v) is 2.59. The summed E-state index contributed by atoms with van der Waals surface area (Å²) < 4.78 is 0. The van der Waals surface area contributed by atoms with Crippen molar-refractivity contribution in [3.05, 3.63) is 0 Å². The highest BCUT2D eigenvalue weighted by Crippen LogP contribution is 1.96. The van der Waals surface area contributed by atoms with Crippen molar-refractivity contribution in [2.75, 3.05) is 6.54 Å². The number of hydrogen-bond donors (Lipinski definition) is 1. The van der Waals surface area contributed by atoms with Crippen LogP contribution in [0.3, 0.4) is 0 Å². The molecule has 1 rings (SSSR count). The van der Waals surface area contributed by atoms with E-state index in [9.17, 15) is 4.79 Å². The van der Waals surface area contributed by atoms with Gasteiger partial charge >= 0.3 is 0 Å². The highest BCUT2D eigenvalue weighted by Gasteiger charge is 2.12. The van der Waals surface area contributed by atoms with E-state index in [1.807, 2.05) is 6.92 Å². The summed E-state index contributed by atoms with van der Waals surface area (Å²) in [6.07, 6.45) is 1.45. The molecule has 1 N–H and O–H groups in total. The van der Waals surface area contributed by atoms with Crippen LogP contribution in [-0.2, 0) is 4.79 Å². The molecule has 44 valence electrons. The van der Waals surface area contributed by atoms with Crippen molar-refractivity contribution in [1.82, 2.24) is 5.32 Å². The highest BCUT2D eigenvalue weighted by molar-refractivity contribution is 5.90. The fourth-order valence-corrected chi connectivity index (χ4v) is 0.545. The van der Waals surface area contributed by atoms with Gasteiger partial charge in [-0.05, 0) is 0 Å². The van der Waals surface area contributed by atoms with Gasteiger partial charge in [-0.3, -0.25) is 9.79 Å². The summed E-state index contributed by atoms with van der Waals surface area (Å²) in [4.78, 5) is 14.4. The van der Waals surface area contributed by atoms with Crippen LogP contribution in [0.2, 0.25) is 0 Å². The van der Waals surface area contributed by atoms with Crippen LogP contribution in [0.1, 0.15) is 6.92 Å². The number of hydrogen-bond acceptors (Lipinski definition) is 2. The standard InChI is InChI=1S/C5H8N2O/c1-4-2-6-3-7-5(4)8/h3-4H,2H2,1H3,(H,6,7,8). The molecule has 1 aliphatic heterocycles. The minimum absolute atomic E-state index is 0.0556. The molecule has 8 heavy (non-hydrogen) atoms. The largest absolute Gasteiger partial charge is 0.317 e.